The second kappa shape index (κ2) is 10.7. The minimum atomic E-state index is -0.693. The van der Waals surface area contributed by atoms with Gasteiger partial charge in [-0.1, -0.05) is 35.6 Å². The molecule has 1 aromatic heterocycles. The number of aromatic nitrogens is 1. The van der Waals surface area contributed by atoms with Crippen molar-refractivity contribution in [3.05, 3.63) is 48.0 Å². The van der Waals surface area contributed by atoms with Crippen LogP contribution in [0.3, 0.4) is 0 Å². The van der Waals surface area contributed by atoms with Crippen molar-refractivity contribution in [2.24, 2.45) is 0 Å². The molecule has 1 atom stereocenters. The number of halogens is 1. The molecule has 0 aliphatic carbocycles. The van der Waals surface area contributed by atoms with Crippen molar-refractivity contribution in [1.82, 2.24) is 9.88 Å². The fourth-order valence-corrected chi connectivity index (χ4v) is 5.16. The van der Waals surface area contributed by atoms with Gasteiger partial charge in [0.1, 0.15) is 6.61 Å². The summed E-state index contributed by atoms with van der Waals surface area (Å²) >= 11 is 1.55. The zero-order valence-corrected chi connectivity index (χ0v) is 20.2. The lowest BCUT2D eigenvalue weighted by Crippen LogP contribution is -2.47. The molecule has 0 N–H and O–H groups in total. The summed E-state index contributed by atoms with van der Waals surface area (Å²) in [5, 5.41) is 0.712. The van der Waals surface area contributed by atoms with Crippen LogP contribution in [0.15, 0.2) is 42.5 Å². The molecule has 2 aromatic carbocycles. The van der Waals surface area contributed by atoms with Gasteiger partial charge in [-0.05, 0) is 37.1 Å². The van der Waals surface area contributed by atoms with E-state index in [2.05, 4.69) is 11.0 Å². The summed E-state index contributed by atoms with van der Waals surface area (Å²) in [6, 6.07) is 13.6. The summed E-state index contributed by atoms with van der Waals surface area (Å²) < 4.78 is 18.4. The monoisotopic (exact) mass is 489 g/mol. The third-order valence-corrected chi connectivity index (χ3v) is 6.89. The molecule has 1 saturated heterocycles. The molecule has 0 spiro atoms. The highest BCUT2D eigenvalue weighted by Crippen LogP contribution is 2.34. The fraction of sp³-hybridized carbons (Fsp3) is 0.417. The second-order valence-corrected chi connectivity index (χ2v) is 9.09. The second-order valence-electron chi connectivity index (χ2n) is 8.08. The Kier molecular flexibility index (Phi) is 7.70. The van der Waals surface area contributed by atoms with Gasteiger partial charge in [0.2, 0.25) is 6.10 Å². The van der Waals surface area contributed by atoms with Gasteiger partial charge in [-0.15, -0.1) is 12.4 Å². The molecule has 2 aliphatic rings. The molecular weight excluding hydrogens is 462 g/mol. The highest BCUT2D eigenvalue weighted by molar-refractivity contribution is 7.22. The number of benzene rings is 2. The van der Waals surface area contributed by atoms with Gasteiger partial charge < -0.3 is 14.2 Å². The van der Waals surface area contributed by atoms with Crippen molar-refractivity contribution in [3.8, 4) is 11.5 Å². The number of thiazole rings is 1. The number of anilines is 1. The van der Waals surface area contributed by atoms with E-state index < -0.39 is 6.10 Å². The zero-order chi connectivity index (χ0) is 21.9. The number of ether oxygens (including phenoxy) is 3. The predicted molar refractivity (Wildman–Crippen MR) is 132 cm³/mol. The Morgan fingerprint density at radius 1 is 1.15 bits per heavy atom. The minimum Gasteiger partial charge on any atom is -0.485 e. The Morgan fingerprint density at radius 2 is 1.94 bits per heavy atom. The quantitative estimate of drug-likeness (QED) is 0.523. The first-order valence-corrected chi connectivity index (χ1v) is 11.9. The van der Waals surface area contributed by atoms with Crippen LogP contribution in [0.25, 0.3) is 10.2 Å². The van der Waals surface area contributed by atoms with E-state index in [1.54, 1.807) is 16.2 Å². The van der Waals surface area contributed by atoms with Gasteiger partial charge >= 0.3 is 0 Å². The van der Waals surface area contributed by atoms with E-state index in [-0.39, 0.29) is 24.9 Å². The average Bonchev–Trinajstić information content (AvgIpc) is 3.27. The molecule has 0 bridgehead atoms. The first kappa shape index (κ1) is 23.8. The van der Waals surface area contributed by atoms with E-state index in [1.165, 1.54) is 0 Å². The van der Waals surface area contributed by atoms with Gasteiger partial charge in [0.15, 0.2) is 16.6 Å². The Hall–Kier alpha value is -2.39. The minimum absolute atomic E-state index is 0. The number of aryl methyl sites for hydroxylation is 1. The highest BCUT2D eigenvalue weighted by Gasteiger charge is 2.33. The van der Waals surface area contributed by atoms with Gasteiger partial charge in [-0.2, -0.15) is 0 Å². The van der Waals surface area contributed by atoms with E-state index in [1.807, 2.05) is 43.3 Å². The summed E-state index contributed by atoms with van der Waals surface area (Å²) in [5.74, 6) is 1.16. The number of rotatable bonds is 6. The number of fused-ring (bicyclic) bond motifs is 2. The maximum absolute atomic E-state index is 13.6. The maximum Gasteiger partial charge on any atom is 0.273 e. The molecule has 176 valence electrons. The lowest BCUT2D eigenvalue weighted by molar-refractivity contribution is -0.127. The van der Waals surface area contributed by atoms with Crippen molar-refractivity contribution in [2.75, 3.05) is 50.9 Å². The Balaban J connectivity index is 0.00000259. The van der Waals surface area contributed by atoms with Crippen LogP contribution < -0.4 is 14.4 Å². The molecule has 0 saturated carbocycles. The van der Waals surface area contributed by atoms with Crippen molar-refractivity contribution in [2.45, 2.75) is 19.4 Å². The molecule has 7 nitrogen and oxygen atoms in total. The molecule has 0 radical (unpaired) electrons. The number of hydrogen-bond acceptors (Lipinski definition) is 7. The van der Waals surface area contributed by atoms with Gasteiger partial charge in [0.25, 0.3) is 5.91 Å². The summed E-state index contributed by atoms with van der Waals surface area (Å²) in [7, 11) is 0. The molecule has 3 heterocycles. The van der Waals surface area contributed by atoms with Crippen LogP contribution in [-0.4, -0.2) is 67.9 Å². The number of hydrogen-bond donors (Lipinski definition) is 0. The Morgan fingerprint density at radius 3 is 2.73 bits per heavy atom. The normalized spacial score (nSPS) is 18.0. The summed E-state index contributed by atoms with van der Waals surface area (Å²) in [6.45, 7) is 7.15. The van der Waals surface area contributed by atoms with E-state index >= 15 is 0 Å². The van der Waals surface area contributed by atoms with Crippen molar-refractivity contribution >= 4 is 45.0 Å². The van der Waals surface area contributed by atoms with E-state index in [9.17, 15) is 4.79 Å². The first-order valence-electron chi connectivity index (χ1n) is 11.0. The van der Waals surface area contributed by atoms with Gasteiger partial charge in [0.05, 0.1) is 23.4 Å². The first-order chi connectivity index (χ1) is 15.7. The number of para-hydroxylation sites is 3. The lowest BCUT2D eigenvalue weighted by atomic mass is 10.2. The van der Waals surface area contributed by atoms with E-state index in [4.69, 9.17) is 19.2 Å². The molecule has 1 unspecified atom stereocenters. The summed E-state index contributed by atoms with van der Waals surface area (Å²) in [4.78, 5) is 22.6. The van der Waals surface area contributed by atoms with Crippen LogP contribution >= 0.6 is 23.7 Å². The SMILES string of the molecule is Cc1cccc2sc(N(CCCN3CCOCC3)C(=O)C3COc4ccccc4O3)nc12.Cl. The third-order valence-electron chi connectivity index (χ3n) is 5.85. The van der Waals surface area contributed by atoms with Crippen LogP contribution in [0.1, 0.15) is 12.0 Å². The van der Waals surface area contributed by atoms with Gasteiger partial charge in [0, 0.05) is 26.2 Å². The molecular formula is C24H28ClN3O4S. The van der Waals surface area contributed by atoms with Crippen molar-refractivity contribution < 1.29 is 19.0 Å². The molecule has 9 heteroatoms. The number of nitrogens with zero attached hydrogens (tertiary/aromatic N) is 3. The van der Waals surface area contributed by atoms with Crippen LogP contribution in [0.5, 0.6) is 11.5 Å². The van der Waals surface area contributed by atoms with Crippen molar-refractivity contribution in [1.29, 1.82) is 0 Å². The Labute approximate surface area is 203 Å². The fourth-order valence-electron chi connectivity index (χ4n) is 4.08. The van der Waals surface area contributed by atoms with Gasteiger partial charge in [-0.3, -0.25) is 14.6 Å². The zero-order valence-electron chi connectivity index (χ0n) is 18.6. The standard InChI is InChI=1S/C24H27N3O4S.ClH/c1-17-6-4-9-21-22(17)25-24(32-21)27(11-5-10-26-12-14-29-15-13-26)23(28)20-16-30-18-7-2-3-8-19(18)31-20;/h2-4,6-9,20H,5,10-16H2,1H3;1H. The topological polar surface area (TPSA) is 64.1 Å². The Bertz CT molecular complexity index is 1100. The third kappa shape index (κ3) is 5.24. The molecule has 33 heavy (non-hydrogen) atoms. The maximum atomic E-state index is 13.6. The molecule has 1 amide bonds. The summed E-state index contributed by atoms with van der Waals surface area (Å²) in [5.41, 5.74) is 2.06. The van der Waals surface area contributed by atoms with E-state index in [0.717, 1.165) is 55.0 Å². The molecule has 1 fully saturated rings. The van der Waals surface area contributed by atoms with Crippen LogP contribution in [0.2, 0.25) is 0 Å². The predicted octanol–water partition coefficient (Wildman–Crippen LogP) is 3.92. The average molecular weight is 490 g/mol. The summed E-state index contributed by atoms with van der Waals surface area (Å²) in [6.07, 6.45) is 0.159. The van der Waals surface area contributed by atoms with E-state index in [0.29, 0.717) is 23.2 Å². The number of amides is 1. The van der Waals surface area contributed by atoms with Crippen LogP contribution in [0.4, 0.5) is 5.13 Å². The molecule has 5 rings (SSSR count). The molecule has 3 aromatic rings. The van der Waals surface area contributed by atoms with Gasteiger partial charge in [-0.25, -0.2) is 4.98 Å². The van der Waals surface area contributed by atoms with Crippen molar-refractivity contribution in [3.63, 3.8) is 0 Å². The lowest BCUT2D eigenvalue weighted by Gasteiger charge is -2.31. The number of morpholine rings is 1. The number of carbonyl (C=O) groups is 1. The van der Waals surface area contributed by atoms with Crippen LogP contribution in [-0.2, 0) is 9.53 Å². The smallest absolute Gasteiger partial charge is 0.273 e. The number of carbonyl (C=O) groups excluding carboxylic acids is 1. The van der Waals surface area contributed by atoms with Crippen LogP contribution in [0, 0.1) is 6.92 Å². The molecule has 2 aliphatic heterocycles. The largest absolute Gasteiger partial charge is 0.485 e. The highest BCUT2D eigenvalue weighted by atomic mass is 35.5.